The maximum absolute atomic E-state index is 5.98. The lowest BCUT2D eigenvalue weighted by atomic mass is 10.1. The molecule has 2 aromatic carbocycles. The van der Waals surface area contributed by atoms with Crippen molar-refractivity contribution >= 4 is 51.6 Å². The van der Waals surface area contributed by atoms with E-state index < -0.39 is 0 Å². The standard InChI is InChI=1S/C14H11ClINS/c15-9-5-6-12(11(16)7-9)17-13-8-18-14-4-2-1-3-10(13)14/h1-7,13,17H,8H2. The van der Waals surface area contributed by atoms with E-state index in [1.807, 2.05) is 23.9 Å². The van der Waals surface area contributed by atoms with Crippen LogP contribution < -0.4 is 5.32 Å². The number of benzene rings is 2. The van der Waals surface area contributed by atoms with E-state index in [0.29, 0.717) is 6.04 Å². The number of thioether (sulfide) groups is 1. The summed E-state index contributed by atoms with van der Waals surface area (Å²) in [5, 5.41) is 4.39. The third-order valence-electron chi connectivity index (χ3n) is 2.96. The fourth-order valence-corrected chi connectivity index (χ4v) is 4.26. The van der Waals surface area contributed by atoms with Gasteiger partial charge in [-0.15, -0.1) is 11.8 Å². The fraction of sp³-hybridized carbons (Fsp3) is 0.143. The molecule has 4 heteroatoms. The van der Waals surface area contributed by atoms with E-state index in [1.54, 1.807) is 0 Å². The van der Waals surface area contributed by atoms with E-state index in [2.05, 4.69) is 58.2 Å². The number of fused-ring (bicyclic) bond motifs is 1. The van der Waals surface area contributed by atoms with Gasteiger partial charge in [0, 0.05) is 24.9 Å². The Bertz CT molecular complexity index is 588. The quantitative estimate of drug-likeness (QED) is 0.711. The van der Waals surface area contributed by atoms with Gasteiger partial charge < -0.3 is 5.32 Å². The molecule has 1 unspecified atom stereocenters. The van der Waals surface area contributed by atoms with Crippen LogP contribution in [0.2, 0.25) is 5.02 Å². The molecular formula is C14H11ClINS. The largest absolute Gasteiger partial charge is 0.376 e. The molecule has 0 spiro atoms. The highest BCUT2D eigenvalue weighted by atomic mass is 127. The summed E-state index contributed by atoms with van der Waals surface area (Å²) in [7, 11) is 0. The van der Waals surface area contributed by atoms with Gasteiger partial charge in [0.1, 0.15) is 0 Å². The summed E-state index contributed by atoms with van der Waals surface area (Å²) in [6.45, 7) is 0. The summed E-state index contributed by atoms with van der Waals surface area (Å²) in [6, 6.07) is 15.0. The van der Waals surface area contributed by atoms with Crippen LogP contribution in [0, 0.1) is 3.57 Å². The molecule has 0 aliphatic carbocycles. The molecule has 3 rings (SSSR count). The van der Waals surface area contributed by atoms with Crippen LogP contribution >= 0.6 is 46.0 Å². The van der Waals surface area contributed by atoms with Crippen molar-refractivity contribution in [1.29, 1.82) is 0 Å². The van der Waals surface area contributed by atoms with E-state index in [9.17, 15) is 0 Å². The van der Waals surface area contributed by atoms with E-state index >= 15 is 0 Å². The number of hydrogen-bond donors (Lipinski definition) is 1. The summed E-state index contributed by atoms with van der Waals surface area (Å²) in [4.78, 5) is 1.39. The predicted molar refractivity (Wildman–Crippen MR) is 87.7 cm³/mol. The molecule has 1 heterocycles. The van der Waals surface area contributed by atoms with Crippen molar-refractivity contribution in [2.24, 2.45) is 0 Å². The second-order valence-corrected chi connectivity index (χ2v) is 6.83. The zero-order valence-corrected chi connectivity index (χ0v) is 13.2. The van der Waals surface area contributed by atoms with Crippen LogP contribution in [0.25, 0.3) is 0 Å². The Morgan fingerprint density at radius 1 is 1.22 bits per heavy atom. The molecule has 1 aliphatic heterocycles. The summed E-state index contributed by atoms with van der Waals surface area (Å²) >= 11 is 10.2. The first-order chi connectivity index (χ1) is 8.74. The highest BCUT2D eigenvalue weighted by molar-refractivity contribution is 14.1. The van der Waals surface area contributed by atoms with Crippen molar-refractivity contribution in [3.05, 3.63) is 56.6 Å². The average Bonchev–Trinajstić information content (AvgIpc) is 2.76. The van der Waals surface area contributed by atoms with Crippen LogP contribution in [0.4, 0.5) is 5.69 Å². The van der Waals surface area contributed by atoms with Crippen LogP contribution in [-0.2, 0) is 0 Å². The first kappa shape index (κ1) is 12.6. The molecule has 0 saturated carbocycles. The van der Waals surface area contributed by atoms with Crippen LogP contribution in [-0.4, -0.2) is 5.75 Å². The lowest BCUT2D eigenvalue weighted by Gasteiger charge is -2.16. The van der Waals surface area contributed by atoms with Gasteiger partial charge in [-0.3, -0.25) is 0 Å². The molecule has 1 nitrogen and oxygen atoms in total. The number of halogens is 2. The Hall–Kier alpha value is -0.390. The Morgan fingerprint density at radius 2 is 2.06 bits per heavy atom. The summed E-state index contributed by atoms with van der Waals surface area (Å²) in [6.07, 6.45) is 0. The number of anilines is 1. The third kappa shape index (κ3) is 2.49. The maximum atomic E-state index is 5.98. The molecular weight excluding hydrogens is 377 g/mol. The monoisotopic (exact) mass is 387 g/mol. The van der Waals surface area contributed by atoms with Crippen LogP contribution in [0.3, 0.4) is 0 Å². The van der Waals surface area contributed by atoms with Crippen molar-refractivity contribution in [1.82, 2.24) is 0 Å². The maximum Gasteiger partial charge on any atom is 0.0619 e. The predicted octanol–water partition coefficient (Wildman–Crippen LogP) is 5.20. The molecule has 1 aliphatic rings. The molecule has 0 bridgehead atoms. The zero-order valence-electron chi connectivity index (χ0n) is 9.49. The molecule has 1 N–H and O–H groups in total. The molecule has 0 radical (unpaired) electrons. The SMILES string of the molecule is Clc1ccc(NC2CSc3ccccc32)c(I)c1. The van der Waals surface area contributed by atoms with Crippen LogP contribution in [0.5, 0.6) is 0 Å². The summed E-state index contributed by atoms with van der Waals surface area (Å²) in [5.41, 5.74) is 2.55. The second-order valence-electron chi connectivity index (χ2n) is 4.17. The van der Waals surface area contributed by atoms with Crippen molar-refractivity contribution < 1.29 is 0 Å². The van der Waals surface area contributed by atoms with Gasteiger partial charge in [0.15, 0.2) is 0 Å². The smallest absolute Gasteiger partial charge is 0.0619 e. The molecule has 0 aromatic heterocycles. The van der Waals surface area contributed by atoms with Gasteiger partial charge in [0.2, 0.25) is 0 Å². The van der Waals surface area contributed by atoms with Gasteiger partial charge in [-0.25, -0.2) is 0 Å². The summed E-state index contributed by atoms with van der Waals surface area (Å²) in [5.74, 6) is 1.08. The topological polar surface area (TPSA) is 12.0 Å². The minimum atomic E-state index is 0.390. The third-order valence-corrected chi connectivity index (χ3v) is 5.27. The minimum Gasteiger partial charge on any atom is -0.376 e. The van der Waals surface area contributed by atoms with Crippen LogP contribution in [0.15, 0.2) is 47.4 Å². The number of hydrogen-bond acceptors (Lipinski definition) is 2. The van der Waals surface area contributed by atoms with E-state index in [-0.39, 0.29) is 0 Å². The first-order valence-corrected chi connectivity index (χ1v) is 8.11. The van der Waals surface area contributed by atoms with Gasteiger partial charge in [-0.2, -0.15) is 0 Å². The zero-order chi connectivity index (χ0) is 12.5. The average molecular weight is 388 g/mol. The lowest BCUT2D eigenvalue weighted by Crippen LogP contribution is -2.10. The normalized spacial score (nSPS) is 17.6. The van der Waals surface area contributed by atoms with Crippen molar-refractivity contribution in [3.8, 4) is 0 Å². The van der Waals surface area contributed by atoms with E-state index in [0.717, 1.165) is 20.0 Å². The van der Waals surface area contributed by atoms with Gasteiger partial charge in [-0.05, 0) is 52.4 Å². The van der Waals surface area contributed by atoms with Crippen molar-refractivity contribution in [2.45, 2.75) is 10.9 Å². The Kier molecular flexibility index (Phi) is 3.73. The van der Waals surface area contributed by atoms with Gasteiger partial charge in [0.25, 0.3) is 0 Å². The fourth-order valence-electron chi connectivity index (χ4n) is 2.08. The molecule has 18 heavy (non-hydrogen) atoms. The minimum absolute atomic E-state index is 0.390. The van der Waals surface area contributed by atoms with E-state index in [1.165, 1.54) is 10.5 Å². The Labute approximate surface area is 129 Å². The first-order valence-electron chi connectivity index (χ1n) is 5.67. The van der Waals surface area contributed by atoms with Crippen LogP contribution in [0.1, 0.15) is 11.6 Å². The van der Waals surface area contributed by atoms with Crippen molar-refractivity contribution in [2.75, 3.05) is 11.1 Å². The van der Waals surface area contributed by atoms with E-state index in [4.69, 9.17) is 11.6 Å². The van der Waals surface area contributed by atoms with Crippen molar-refractivity contribution in [3.63, 3.8) is 0 Å². The number of rotatable bonds is 2. The van der Waals surface area contributed by atoms with Gasteiger partial charge in [-0.1, -0.05) is 29.8 Å². The molecule has 92 valence electrons. The molecule has 2 aromatic rings. The molecule has 0 amide bonds. The summed E-state index contributed by atoms with van der Waals surface area (Å²) < 4.78 is 1.16. The van der Waals surface area contributed by atoms with Gasteiger partial charge in [0.05, 0.1) is 6.04 Å². The van der Waals surface area contributed by atoms with Gasteiger partial charge >= 0.3 is 0 Å². The Balaban J connectivity index is 1.86. The Morgan fingerprint density at radius 3 is 2.89 bits per heavy atom. The number of nitrogens with one attached hydrogen (secondary N) is 1. The molecule has 0 fully saturated rings. The second kappa shape index (κ2) is 5.31. The lowest BCUT2D eigenvalue weighted by molar-refractivity contribution is 0.899. The highest BCUT2D eigenvalue weighted by Gasteiger charge is 2.22. The molecule has 1 atom stereocenters. The highest BCUT2D eigenvalue weighted by Crippen LogP contribution is 2.40. The molecule has 0 saturated heterocycles.